The lowest BCUT2D eigenvalue weighted by atomic mass is 10.3. The van der Waals surface area contributed by atoms with Gasteiger partial charge in [-0.3, -0.25) is 4.99 Å². The first kappa shape index (κ1) is 16.4. The minimum Gasteiger partial charge on any atom is -0.386 e. The van der Waals surface area contributed by atoms with Crippen LogP contribution in [-0.2, 0) is 0 Å². The molecule has 0 unspecified atom stereocenters. The van der Waals surface area contributed by atoms with E-state index in [9.17, 15) is 0 Å². The Hall–Kier alpha value is 0.01000. The van der Waals surface area contributed by atoms with Crippen molar-refractivity contribution in [3.8, 4) is 0 Å². The molecule has 0 amide bonds. The number of nitrogens with zero attached hydrogens (tertiary/aromatic N) is 2. The number of rotatable bonds is 7. The molecule has 0 aromatic rings. The second kappa shape index (κ2) is 11.1. The number of amidine groups is 1. The van der Waals surface area contributed by atoms with Gasteiger partial charge in [-0.15, -0.1) is 24.0 Å². The van der Waals surface area contributed by atoms with Crippen molar-refractivity contribution in [2.75, 3.05) is 32.1 Å². The van der Waals surface area contributed by atoms with E-state index in [2.05, 4.69) is 23.7 Å². The zero-order chi connectivity index (χ0) is 10.1. The maximum absolute atomic E-state index is 5.48. The molecule has 0 aliphatic rings. The van der Waals surface area contributed by atoms with Crippen LogP contribution >= 0.6 is 24.0 Å². The van der Waals surface area contributed by atoms with E-state index in [1.807, 2.05) is 0 Å². The van der Waals surface area contributed by atoms with Crippen LogP contribution in [0.15, 0.2) is 4.99 Å². The molecule has 0 aliphatic heterocycles. The van der Waals surface area contributed by atoms with E-state index in [0.29, 0.717) is 11.7 Å². The molecule has 0 rings (SSSR count). The predicted octanol–water partition coefficient (Wildman–Crippen LogP) is 1.74. The van der Waals surface area contributed by atoms with Gasteiger partial charge in [0.2, 0.25) is 0 Å². The third-order valence-corrected chi connectivity index (χ3v) is 2.25. The molecule has 0 bridgehead atoms. The fraction of sp³-hybridized carbons (Fsp3) is 0.889. The van der Waals surface area contributed by atoms with Crippen molar-refractivity contribution >= 4 is 29.8 Å². The second-order valence-corrected chi connectivity index (χ2v) is 3.15. The molecular formula is C9H21Cl2N3. The van der Waals surface area contributed by atoms with Crippen LogP contribution in [0.1, 0.15) is 20.3 Å². The summed E-state index contributed by atoms with van der Waals surface area (Å²) in [5.41, 5.74) is 5.46. The summed E-state index contributed by atoms with van der Waals surface area (Å²) in [6.07, 6.45) is 1.05. The molecule has 5 heteroatoms. The Bertz CT molecular complexity index is 147. The van der Waals surface area contributed by atoms with Gasteiger partial charge < -0.3 is 10.6 Å². The molecule has 0 fully saturated rings. The highest BCUT2D eigenvalue weighted by molar-refractivity contribution is 6.27. The Labute approximate surface area is 98.1 Å². The summed E-state index contributed by atoms with van der Waals surface area (Å²) in [5, 5.41) is 0. The summed E-state index contributed by atoms with van der Waals surface area (Å²) < 4.78 is 0. The Kier molecular flexibility index (Phi) is 13.0. The van der Waals surface area contributed by atoms with Crippen LogP contribution < -0.4 is 5.73 Å². The van der Waals surface area contributed by atoms with Crippen molar-refractivity contribution in [2.24, 2.45) is 10.7 Å². The highest BCUT2D eigenvalue weighted by atomic mass is 35.5. The van der Waals surface area contributed by atoms with Crippen LogP contribution in [0.2, 0.25) is 0 Å². The summed E-state index contributed by atoms with van der Waals surface area (Å²) in [4.78, 5) is 6.49. The molecule has 14 heavy (non-hydrogen) atoms. The maximum Gasteiger partial charge on any atom is 0.109 e. The topological polar surface area (TPSA) is 41.6 Å². The Morgan fingerprint density at radius 2 is 1.93 bits per heavy atom. The molecule has 0 aromatic heterocycles. The van der Waals surface area contributed by atoms with Crippen molar-refractivity contribution in [3.05, 3.63) is 0 Å². The lowest BCUT2D eigenvalue weighted by molar-refractivity contribution is 0.302. The fourth-order valence-corrected chi connectivity index (χ4v) is 1.18. The highest BCUT2D eigenvalue weighted by Crippen LogP contribution is 1.91. The van der Waals surface area contributed by atoms with Gasteiger partial charge in [-0.25, -0.2) is 0 Å². The molecule has 0 atom stereocenters. The SMILES string of the molecule is CCN(CC)CCCN=C(N)CCl.Cl. The van der Waals surface area contributed by atoms with Crippen molar-refractivity contribution < 1.29 is 0 Å². The minimum absolute atomic E-state index is 0. The molecule has 3 nitrogen and oxygen atoms in total. The number of hydrogen-bond donors (Lipinski definition) is 1. The summed E-state index contributed by atoms with van der Waals surface area (Å²) in [5.74, 6) is 0.881. The average molecular weight is 242 g/mol. The Balaban J connectivity index is 0. The van der Waals surface area contributed by atoms with Crippen molar-refractivity contribution in [3.63, 3.8) is 0 Å². The summed E-state index contributed by atoms with van der Waals surface area (Å²) in [6.45, 7) is 8.41. The van der Waals surface area contributed by atoms with E-state index < -0.39 is 0 Å². The molecular weight excluding hydrogens is 221 g/mol. The third kappa shape index (κ3) is 8.60. The average Bonchev–Trinajstić information content (AvgIpc) is 2.18. The molecule has 0 saturated carbocycles. The fourth-order valence-electron chi connectivity index (χ4n) is 1.10. The van der Waals surface area contributed by atoms with Gasteiger partial charge in [-0.2, -0.15) is 0 Å². The lowest BCUT2D eigenvalue weighted by Crippen LogP contribution is -2.24. The summed E-state index contributed by atoms with van der Waals surface area (Å²) in [6, 6.07) is 0. The first-order valence-electron chi connectivity index (χ1n) is 4.81. The largest absolute Gasteiger partial charge is 0.386 e. The van der Waals surface area contributed by atoms with E-state index in [0.717, 1.165) is 32.6 Å². The molecule has 0 radical (unpaired) electrons. The van der Waals surface area contributed by atoms with Crippen LogP contribution in [-0.4, -0.2) is 42.8 Å². The van der Waals surface area contributed by atoms with Crippen LogP contribution in [0.3, 0.4) is 0 Å². The standard InChI is InChI=1S/C9H20ClN3.ClH/c1-3-13(4-2)7-5-6-12-9(11)8-10;/h3-8H2,1-2H3,(H2,11,12);1H. The van der Waals surface area contributed by atoms with E-state index in [-0.39, 0.29) is 12.4 Å². The minimum atomic E-state index is 0. The quantitative estimate of drug-likeness (QED) is 0.320. The molecule has 0 aliphatic carbocycles. The highest BCUT2D eigenvalue weighted by Gasteiger charge is 1.97. The molecule has 2 N–H and O–H groups in total. The van der Waals surface area contributed by atoms with Gasteiger partial charge in [0.15, 0.2) is 0 Å². The summed E-state index contributed by atoms with van der Waals surface area (Å²) in [7, 11) is 0. The molecule has 0 saturated heterocycles. The van der Waals surface area contributed by atoms with Gasteiger partial charge >= 0.3 is 0 Å². The van der Waals surface area contributed by atoms with E-state index in [4.69, 9.17) is 17.3 Å². The van der Waals surface area contributed by atoms with Crippen LogP contribution in [0.25, 0.3) is 0 Å². The number of hydrogen-bond acceptors (Lipinski definition) is 2. The van der Waals surface area contributed by atoms with Gasteiger partial charge in [0, 0.05) is 6.54 Å². The van der Waals surface area contributed by atoms with Gasteiger partial charge in [0.25, 0.3) is 0 Å². The number of halogens is 2. The number of nitrogens with two attached hydrogens (primary N) is 1. The Morgan fingerprint density at radius 3 is 2.36 bits per heavy atom. The van der Waals surface area contributed by atoms with E-state index in [1.165, 1.54) is 0 Å². The van der Waals surface area contributed by atoms with Gasteiger partial charge in [0.1, 0.15) is 5.84 Å². The number of alkyl halides is 1. The van der Waals surface area contributed by atoms with Gasteiger partial charge in [-0.1, -0.05) is 13.8 Å². The maximum atomic E-state index is 5.48. The normalized spacial score (nSPS) is 11.6. The third-order valence-electron chi connectivity index (χ3n) is 1.98. The molecule has 0 heterocycles. The van der Waals surface area contributed by atoms with Crippen molar-refractivity contribution in [2.45, 2.75) is 20.3 Å². The second-order valence-electron chi connectivity index (χ2n) is 2.89. The lowest BCUT2D eigenvalue weighted by Gasteiger charge is -2.16. The van der Waals surface area contributed by atoms with Crippen LogP contribution in [0.5, 0.6) is 0 Å². The zero-order valence-electron chi connectivity index (χ0n) is 9.00. The summed E-state index contributed by atoms with van der Waals surface area (Å²) >= 11 is 5.48. The van der Waals surface area contributed by atoms with Crippen LogP contribution in [0, 0.1) is 0 Å². The molecule has 0 spiro atoms. The Morgan fingerprint density at radius 1 is 1.36 bits per heavy atom. The smallest absolute Gasteiger partial charge is 0.109 e. The van der Waals surface area contributed by atoms with Gasteiger partial charge in [-0.05, 0) is 26.1 Å². The van der Waals surface area contributed by atoms with Crippen molar-refractivity contribution in [1.29, 1.82) is 0 Å². The predicted molar refractivity (Wildman–Crippen MR) is 66.9 cm³/mol. The first-order valence-corrected chi connectivity index (χ1v) is 5.35. The zero-order valence-corrected chi connectivity index (χ0v) is 10.6. The van der Waals surface area contributed by atoms with E-state index >= 15 is 0 Å². The number of aliphatic imine (C=N–C) groups is 1. The first-order chi connectivity index (χ1) is 6.24. The van der Waals surface area contributed by atoms with E-state index in [1.54, 1.807) is 0 Å². The monoisotopic (exact) mass is 241 g/mol. The molecule has 86 valence electrons. The van der Waals surface area contributed by atoms with Crippen molar-refractivity contribution in [1.82, 2.24) is 4.90 Å². The van der Waals surface area contributed by atoms with Gasteiger partial charge in [0.05, 0.1) is 5.88 Å². The van der Waals surface area contributed by atoms with Crippen LogP contribution in [0.4, 0.5) is 0 Å². The molecule has 0 aromatic carbocycles.